The average molecular weight is 424 g/mol. The van der Waals surface area contributed by atoms with Crippen molar-refractivity contribution in [2.75, 3.05) is 42.8 Å². The van der Waals surface area contributed by atoms with Crippen LogP contribution in [0.3, 0.4) is 0 Å². The molecule has 11 heteroatoms. The molecule has 1 fully saturated rings. The van der Waals surface area contributed by atoms with Crippen molar-refractivity contribution in [3.8, 4) is 17.1 Å². The summed E-state index contributed by atoms with van der Waals surface area (Å²) in [4.78, 5) is 30.8. The maximum atomic E-state index is 11.4. The number of aromatic nitrogens is 4. The van der Waals surface area contributed by atoms with E-state index in [1.165, 1.54) is 6.39 Å². The number of rotatable bonds is 7. The molecular formula is C20H24N8O3. The number of hydrogen-bond acceptors (Lipinski definition) is 10. The molecule has 0 radical (unpaired) electrons. The minimum Gasteiger partial charge on any atom is -0.496 e. The number of ether oxygens (including phenoxy) is 1. The standard InChI is InChI=1S/C20H24N8O3/c1-22-18-25-19(27-20(26-18)28-7-5-12(6-8-28)17(21)29)24-13-3-4-14(15(9-13)30-2)16-10-23-11-31-16/h3-4,9-12H,5-8H2,1-2H3,(H2,21,29)(H2,22,24,25,26,27). The highest BCUT2D eigenvalue weighted by atomic mass is 16.5. The van der Waals surface area contributed by atoms with E-state index in [4.69, 9.17) is 14.9 Å². The van der Waals surface area contributed by atoms with Crippen LogP contribution in [0.2, 0.25) is 0 Å². The second-order valence-electron chi connectivity index (χ2n) is 7.10. The van der Waals surface area contributed by atoms with Crippen molar-refractivity contribution in [3.05, 3.63) is 30.8 Å². The molecule has 3 heterocycles. The smallest absolute Gasteiger partial charge is 0.233 e. The number of methoxy groups -OCH3 is 1. The molecule has 11 nitrogen and oxygen atoms in total. The number of primary amides is 1. The largest absolute Gasteiger partial charge is 0.496 e. The normalized spacial score (nSPS) is 14.3. The fourth-order valence-corrected chi connectivity index (χ4v) is 3.49. The predicted molar refractivity (Wildman–Crippen MR) is 115 cm³/mol. The summed E-state index contributed by atoms with van der Waals surface area (Å²) in [6, 6.07) is 5.58. The molecule has 3 aromatic rings. The molecule has 4 rings (SSSR count). The van der Waals surface area contributed by atoms with Gasteiger partial charge in [-0.25, -0.2) is 4.98 Å². The predicted octanol–water partition coefficient (Wildman–Crippen LogP) is 2.02. The minimum atomic E-state index is -0.253. The average Bonchev–Trinajstić information content (AvgIpc) is 3.33. The lowest BCUT2D eigenvalue weighted by atomic mass is 9.96. The number of carbonyl (C=O) groups is 1. The van der Waals surface area contributed by atoms with Crippen LogP contribution >= 0.6 is 0 Å². The van der Waals surface area contributed by atoms with E-state index in [0.717, 1.165) is 11.3 Å². The lowest BCUT2D eigenvalue weighted by Gasteiger charge is -2.30. The summed E-state index contributed by atoms with van der Waals surface area (Å²) in [5, 5.41) is 6.17. The van der Waals surface area contributed by atoms with Gasteiger partial charge < -0.3 is 30.4 Å². The topological polar surface area (TPSA) is 144 Å². The fraction of sp³-hybridized carbons (Fsp3) is 0.350. The van der Waals surface area contributed by atoms with Crippen LogP contribution in [0, 0.1) is 5.92 Å². The molecule has 1 aromatic carbocycles. The molecule has 0 unspecified atom stereocenters. The maximum absolute atomic E-state index is 11.4. The monoisotopic (exact) mass is 424 g/mol. The van der Waals surface area contributed by atoms with Gasteiger partial charge >= 0.3 is 0 Å². The van der Waals surface area contributed by atoms with Crippen LogP contribution in [-0.4, -0.2) is 53.1 Å². The van der Waals surface area contributed by atoms with Crippen LogP contribution in [0.25, 0.3) is 11.3 Å². The number of piperidine rings is 1. The molecule has 2 aromatic heterocycles. The first-order valence-electron chi connectivity index (χ1n) is 9.89. The zero-order chi connectivity index (χ0) is 21.8. The van der Waals surface area contributed by atoms with Crippen LogP contribution in [0.1, 0.15) is 12.8 Å². The van der Waals surface area contributed by atoms with Crippen molar-refractivity contribution in [2.24, 2.45) is 11.7 Å². The summed E-state index contributed by atoms with van der Waals surface area (Å²) < 4.78 is 10.9. The highest BCUT2D eigenvalue weighted by Gasteiger charge is 2.25. The van der Waals surface area contributed by atoms with Gasteiger partial charge in [-0.15, -0.1) is 0 Å². The van der Waals surface area contributed by atoms with Crippen molar-refractivity contribution in [1.82, 2.24) is 19.9 Å². The number of hydrogen-bond donors (Lipinski definition) is 3. The zero-order valence-corrected chi connectivity index (χ0v) is 17.3. The van der Waals surface area contributed by atoms with Gasteiger partial charge in [0.1, 0.15) is 5.75 Å². The first kappa shape index (κ1) is 20.4. The molecule has 0 aliphatic carbocycles. The molecule has 1 amide bonds. The highest BCUT2D eigenvalue weighted by molar-refractivity contribution is 5.77. The Balaban J connectivity index is 1.56. The molecule has 0 spiro atoms. The lowest BCUT2D eigenvalue weighted by Crippen LogP contribution is -2.39. The van der Waals surface area contributed by atoms with E-state index in [0.29, 0.717) is 55.3 Å². The van der Waals surface area contributed by atoms with Crippen molar-refractivity contribution in [3.63, 3.8) is 0 Å². The van der Waals surface area contributed by atoms with Crippen LogP contribution < -0.4 is 26.0 Å². The van der Waals surface area contributed by atoms with E-state index in [1.54, 1.807) is 20.4 Å². The van der Waals surface area contributed by atoms with Crippen LogP contribution in [0.4, 0.5) is 23.5 Å². The Morgan fingerprint density at radius 3 is 2.65 bits per heavy atom. The maximum Gasteiger partial charge on any atom is 0.233 e. The van der Waals surface area contributed by atoms with Crippen molar-refractivity contribution < 1.29 is 13.9 Å². The number of nitrogens with one attached hydrogen (secondary N) is 2. The van der Waals surface area contributed by atoms with E-state index in [-0.39, 0.29) is 11.8 Å². The minimum absolute atomic E-state index is 0.102. The Labute approximate surface area is 179 Å². The molecule has 0 saturated carbocycles. The molecule has 0 atom stereocenters. The Bertz CT molecular complexity index is 1050. The number of amides is 1. The quantitative estimate of drug-likeness (QED) is 0.515. The van der Waals surface area contributed by atoms with Crippen LogP contribution in [0.15, 0.2) is 35.2 Å². The highest BCUT2D eigenvalue weighted by Crippen LogP contribution is 2.33. The first-order chi connectivity index (χ1) is 15.1. The second kappa shape index (κ2) is 8.86. The molecule has 0 bridgehead atoms. The number of oxazole rings is 1. The molecule has 31 heavy (non-hydrogen) atoms. The lowest BCUT2D eigenvalue weighted by molar-refractivity contribution is -0.122. The van der Waals surface area contributed by atoms with Crippen LogP contribution in [0.5, 0.6) is 5.75 Å². The van der Waals surface area contributed by atoms with Gasteiger partial charge in [0, 0.05) is 37.8 Å². The summed E-state index contributed by atoms with van der Waals surface area (Å²) in [7, 11) is 3.34. The molecule has 162 valence electrons. The Morgan fingerprint density at radius 2 is 2.00 bits per heavy atom. The van der Waals surface area contributed by atoms with Crippen molar-refractivity contribution in [1.29, 1.82) is 0 Å². The van der Waals surface area contributed by atoms with Crippen molar-refractivity contribution in [2.45, 2.75) is 12.8 Å². The number of nitrogens with two attached hydrogens (primary N) is 1. The number of anilines is 4. The van der Waals surface area contributed by atoms with E-state index in [1.807, 2.05) is 23.1 Å². The molecular weight excluding hydrogens is 400 g/mol. The van der Waals surface area contributed by atoms with Gasteiger partial charge in [-0.1, -0.05) is 0 Å². The summed E-state index contributed by atoms with van der Waals surface area (Å²) in [5.41, 5.74) is 6.96. The Morgan fingerprint density at radius 1 is 1.23 bits per heavy atom. The fourth-order valence-electron chi connectivity index (χ4n) is 3.49. The number of carbonyl (C=O) groups excluding carboxylic acids is 1. The third-order valence-electron chi connectivity index (χ3n) is 5.18. The van der Waals surface area contributed by atoms with E-state index >= 15 is 0 Å². The summed E-state index contributed by atoms with van der Waals surface area (Å²) in [5.74, 6) is 2.25. The van der Waals surface area contributed by atoms with Crippen molar-refractivity contribution >= 4 is 29.4 Å². The van der Waals surface area contributed by atoms with E-state index in [2.05, 4.69) is 30.6 Å². The molecule has 1 aliphatic heterocycles. The van der Waals surface area contributed by atoms with Gasteiger partial charge in [-0.2, -0.15) is 15.0 Å². The van der Waals surface area contributed by atoms with Gasteiger partial charge in [-0.3, -0.25) is 4.79 Å². The van der Waals surface area contributed by atoms with Gasteiger partial charge in [0.25, 0.3) is 0 Å². The van der Waals surface area contributed by atoms with Gasteiger partial charge in [0.2, 0.25) is 23.8 Å². The summed E-state index contributed by atoms with van der Waals surface area (Å²) in [6.45, 7) is 1.31. The van der Waals surface area contributed by atoms with Gasteiger partial charge in [0.05, 0.1) is 18.9 Å². The molecule has 4 N–H and O–H groups in total. The SMILES string of the molecule is CNc1nc(Nc2ccc(-c3cnco3)c(OC)c2)nc(N2CCC(C(N)=O)CC2)n1. The first-order valence-corrected chi connectivity index (χ1v) is 9.89. The van der Waals surface area contributed by atoms with Crippen LogP contribution in [-0.2, 0) is 4.79 Å². The van der Waals surface area contributed by atoms with E-state index in [9.17, 15) is 4.79 Å². The molecule has 1 saturated heterocycles. The third kappa shape index (κ3) is 4.49. The van der Waals surface area contributed by atoms with Gasteiger partial charge in [-0.05, 0) is 25.0 Å². The summed E-state index contributed by atoms with van der Waals surface area (Å²) in [6.07, 6.45) is 4.36. The third-order valence-corrected chi connectivity index (χ3v) is 5.18. The second-order valence-corrected chi connectivity index (χ2v) is 7.10. The Hall–Kier alpha value is -3.89. The van der Waals surface area contributed by atoms with Gasteiger partial charge in [0.15, 0.2) is 12.2 Å². The number of benzene rings is 1. The molecule has 1 aliphatic rings. The number of nitrogens with zero attached hydrogens (tertiary/aromatic N) is 5. The Kier molecular flexibility index (Phi) is 5.83. The zero-order valence-electron chi connectivity index (χ0n) is 17.3. The summed E-state index contributed by atoms with van der Waals surface area (Å²) >= 11 is 0. The van der Waals surface area contributed by atoms with E-state index < -0.39 is 0 Å².